The molecular weight excluding hydrogens is 490 g/mol. The van der Waals surface area contributed by atoms with Crippen molar-refractivity contribution in [1.82, 2.24) is 10.2 Å². The van der Waals surface area contributed by atoms with Crippen molar-refractivity contribution in [2.75, 3.05) is 24.2 Å². The first-order valence-electron chi connectivity index (χ1n) is 12.9. The number of sulfonamides is 1. The van der Waals surface area contributed by atoms with E-state index in [2.05, 4.69) is 5.32 Å². The van der Waals surface area contributed by atoms with Crippen LogP contribution in [0.25, 0.3) is 0 Å². The Morgan fingerprint density at radius 3 is 2.41 bits per heavy atom. The zero-order valence-electron chi connectivity index (χ0n) is 22.3. The Balaban J connectivity index is 1.94. The summed E-state index contributed by atoms with van der Waals surface area (Å²) in [6.07, 6.45) is 6.67. The van der Waals surface area contributed by atoms with E-state index in [0.717, 1.165) is 47.4 Å². The van der Waals surface area contributed by atoms with E-state index in [4.69, 9.17) is 4.74 Å². The standard InChI is InChI=1S/C28H39N3O5S/c1-5-24(28(33)29-23-14-7-6-8-15-23)30(19-22-13-11-12-21(2)18-22)27(32)20-31(37(4,34)35)25-16-9-10-17-26(25)36-3/h9-13,16-18,23-24H,5-8,14-15,19-20H2,1-4H3,(H,29,33)/t24-/m0/s1. The van der Waals surface area contributed by atoms with Gasteiger partial charge in [-0.15, -0.1) is 0 Å². The molecule has 9 heteroatoms. The Bertz CT molecular complexity index is 1180. The minimum atomic E-state index is -3.83. The van der Waals surface area contributed by atoms with Gasteiger partial charge in [-0.2, -0.15) is 0 Å². The molecule has 37 heavy (non-hydrogen) atoms. The van der Waals surface area contributed by atoms with E-state index in [9.17, 15) is 18.0 Å². The molecule has 1 fully saturated rings. The highest BCUT2D eigenvalue weighted by Gasteiger charge is 2.33. The van der Waals surface area contributed by atoms with Crippen LogP contribution < -0.4 is 14.4 Å². The lowest BCUT2D eigenvalue weighted by Crippen LogP contribution is -2.54. The van der Waals surface area contributed by atoms with Crippen molar-refractivity contribution in [3.05, 3.63) is 59.7 Å². The molecule has 0 bridgehead atoms. The molecule has 2 aromatic rings. The topological polar surface area (TPSA) is 96.0 Å². The predicted molar refractivity (Wildman–Crippen MR) is 146 cm³/mol. The molecule has 8 nitrogen and oxygen atoms in total. The van der Waals surface area contributed by atoms with E-state index in [0.29, 0.717) is 12.2 Å². The summed E-state index contributed by atoms with van der Waals surface area (Å²) in [6.45, 7) is 3.59. The Labute approximate surface area is 221 Å². The quantitative estimate of drug-likeness (QED) is 0.474. The van der Waals surface area contributed by atoms with Gasteiger partial charge in [0.25, 0.3) is 0 Å². The normalized spacial score (nSPS) is 15.0. The fraction of sp³-hybridized carbons (Fsp3) is 0.500. The van der Waals surface area contributed by atoms with Crippen LogP contribution in [0.5, 0.6) is 5.75 Å². The molecule has 1 saturated carbocycles. The zero-order valence-corrected chi connectivity index (χ0v) is 23.1. The van der Waals surface area contributed by atoms with Crippen LogP contribution in [0.15, 0.2) is 48.5 Å². The molecule has 202 valence electrons. The Kier molecular flexibility index (Phi) is 9.97. The Hall–Kier alpha value is -3.07. The van der Waals surface area contributed by atoms with Gasteiger partial charge in [-0.05, 0) is 43.9 Å². The lowest BCUT2D eigenvalue weighted by atomic mass is 9.95. The molecule has 1 aliphatic carbocycles. The second kappa shape index (κ2) is 12.9. The predicted octanol–water partition coefficient (Wildman–Crippen LogP) is 4.03. The van der Waals surface area contributed by atoms with Crippen LogP contribution in [-0.2, 0) is 26.2 Å². The third-order valence-corrected chi connectivity index (χ3v) is 7.93. The molecule has 2 aromatic carbocycles. The van der Waals surface area contributed by atoms with Gasteiger partial charge in [0.1, 0.15) is 18.3 Å². The van der Waals surface area contributed by atoms with E-state index in [1.165, 1.54) is 18.4 Å². The molecule has 1 N–H and O–H groups in total. The number of anilines is 1. The lowest BCUT2D eigenvalue weighted by Gasteiger charge is -2.34. The number of carbonyl (C=O) groups excluding carboxylic acids is 2. The number of nitrogens with one attached hydrogen (secondary N) is 1. The second-order valence-corrected chi connectivity index (χ2v) is 11.6. The van der Waals surface area contributed by atoms with Gasteiger partial charge in [0.05, 0.1) is 19.1 Å². The van der Waals surface area contributed by atoms with Crippen molar-refractivity contribution < 1.29 is 22.7 Å². The van der Waals surface area contributed by atoms with Crippen LogP contribution in [0.4, 0.5) is 5.69 Å². The van der Waals surface area contributed by atoms with Gasteiger partial charge in [0.2, 0.25) is 21.8 Å². The van der Waals surface area contributed by atoms with Gasteiger partial charge in [0, 0.05) is 12.6 Å². The molecule has 0 spiro atoms. The summed E-state index contributed by atoms with van der Waals surface area (Å²) in [4.78, 5) is 28.8. The SMILES string of the molecule is CC[C@@H](C(=O)NC1CCCCC1)N(Cc1cccc(C)c1)C(=O)CN(c1ccccc1OC)S(C)(=O)=O. The van der Waals surface area contributed by atoms with E-state index in [1.807, 2.05) is 38.1 Å². The van der Waals surface area contributed by atoms with E-state index in [1.54, 1.807) is 24.3 Å². The highest BCUT2D eigenvalue weighted by molar-refractivity contribution is 7.92. The first-order valence-corrected chi connectivity index (χ1v) is 14.7. The Morgan fingerprint density at radius 2 is 1.78 bits per heavy atom. The number of nitrogens with zero attached hydrogens (tertiary/aromatic N) is 2. The maximum atomic E-state index is 13.9. The molecule has 0 radical (unpaired) electrons. The molecule has 0 saturated heterocycles. The van der Waals surface area contributed by atoms with Gasteiger partial charge >= 0.3 is 0 Å². The van der Waals surface area contributed by atoms with Crippen molar-refractivity contribution in [2.45, 2.75) is 71.0 Å². The van der Waals surface area contributed by atoms with Crippen LogP contribution in [0.2, 0.25) is 0 Å². The zero-order chi connectivity index (χ0) is 27.0. The van der Waals surface area contributed by atoms with Crippen LogP contribution in [0.3, 0.4) is 0 Å². The number of amides is 2. The number of rotatable bonds is 11. The highest BCUT2D eigenvalue weighted by Crippen LogP contribution is 2.30. The fourth-order valence-corrected chi connectivity index (χ4v) is 5.75. The third-order valence-electron chi connectivity index (χ3n) is 6.81. The molecule has 0 aromatic heterocycles. The van der Waals surface area contributed by atoms with E-state index >= 15 is 0 Å². The number of ether oxygens (including phenoxy) is 1. The van der Waals surface area contributed by atoms with Gasteiger partial charge < -0.3 is 15.0 Å². The van der Waals surface area contributed by atoms with Crippen LogP contribution in [-0.4, -0.2) is 57.1 Å². The van der Waals surface area contributed by atoms with Gasteiger partial charge in [-0.3, -0.25) is 13.9 Å². The molecule has 2 amide bonds. The number of hydrogen-bond donors (Lipinski definition) is 1. The summed E-state index contributed by atoms with van der Waals surface area (Å²) >= 11 is 0. The molecule has 0 aliphatic heterocycles. The minimum Gasteiger partial charge on any atom is -0.495 e. The van der Waals surface area contributed by atoms with Gasteiger partial charge in [0.15, 0.2) is 0 Å². The number of aryl methyl sites for hydroxylation is 1. The van der Waals surface area contributed by atoms with Crippen molar-refractivity contribution in [2.24, 2.45) is 0 Å². The molecule has 1 atom stereocenters. The van der Waals surface area contributed by atoms with Crippen LogP contribution in [0.1, 0.15) is 56.6 Å². The van der Waals surface area contributed by atoms with Crippen molar-refractivity contribution in [3.8, 4) is 5.75 Å². The van der Waals surface area contributed by atoms with Crippen LogP contribution >= 0.6 is 0 Å². The summed E-state index contributed by atoms with van der Waals surface area (Å²) in [5.74, 6) is -0.310. The van der Waals surface area contributed by atoms with Crippen molar-refractivity contribution in [1.29, 1.82) is 0 Å². The summed E-state index contributed by atoms with van der Waals surface area (Å²) in [5.41, 5.74) is 2.19. The molecular formula is C28H39N3O5S. The minimum absolute atomic E-state index is 0.104. The first-order chi connectivity index (χ1) is 17.6. The molecule has 0 unspecified atom stereocenters. The largest absolute Gasteiger partial charge is 0.495 e. The van der Waals surface area contributed by atoms with Crippen molar-refractivity contribution in [3.63, 3.8) is 0 Å². The number of benzene rings is 2. The average molecular weight is 530 g/mol. The summed E-state index contributed by atoms with van der Waals surface area (Å²) in [5, 5.41) is 3.15. The smallest absolute Gasteiger partial charge is 0.244 e. The maximum Gasteiger partial charge on any atom is 0.244 e. The number of hydrogen-bond acceptors (Lipinski definition) is 5. The third kappa shape index (κ3) is 7.71. The van der Waals surface area contributed by atoms with E-state index in [-0.39, 0.29) is 24.2 Å². The monoisotopic (exact) mass is 529 g/mol. The number of methoxy groups -OCH3 is 1. The molecule has 1 aliphatic rings. The Morgan fingerprint density at radius 1 is 1.08 bits per heavy atom. The molecule has 3 rings (SSSR count). The average Bonchev–Trinajstić information content (AvgIpc) is 2.87. The number of para-hydroxylation sites is 2. The first kappa shape index (κ1) is 28.5. The van der Waals surface area contributed by atoms with Crippen LogP contribution in [0, 0.1) is 6.92 Å². The molecule has 0 heterocycles. The summed E-state index contributed by atoms with van der Waals surface area (Å²) in [7, 11) is -2.38. The van der Waals surface area contributed by atoms with Gasteiger partial charge in [-0.1, -0.05) is 68.1 Å². The van der Waals surface area contributed by atoms with Crippen molar-refractivity contribution >= 4 is 27.5 Å². The second-order valence-electron chi connectivity index (χ2n) is 9.72. The van der Waals surface area contributed by atoms with Gasteiger partial charge in [-0.25, -0.2) is 8.42 Å². The summed E-state index contributed by atoms with van der Waals surface area (Å²) < 4.78 is 32.0. The summed E-state index contributed by atoms with van der Waals surface area (Å²) in [6, 6.07) is 13.8. The number of carbonyl (C=O) groups is 2. The lowest BCUT2D eigenvalue weighted by molar-refractivity contribution is -0.140. The highest BCUT2D eigenvalue weighted by atomic mass is 32.2. The maximum absolute atomic E-state index is 13.9. The van der Waals surface area contributed by atoms with E-state index < -0.39 is 28.5 Å². The fourth-order valence-electron chi connectivity index (χ4n) is 4.90.